The molecule has 0 saturated carbocycles. The topological polar surface area (TPSA) is 420 Å². The fourth-order valence-corrected chi connectivity index (χ4v) is 12.5. The number of fused-ring (bicyclic) bond motifs is 2. The van der Waals surface area contributed by atoms with Crippen molar-refractivity contribution in [1.82, 2.24) is 52.3 Å². The molecule has 2 aromatic rings. The van der Waals surface area contributed by atoms with E-state index >= 15 is 0 Å². The van der Waals surface area contributed by atoms with Gasteiger partial charge in [-0.05, 0) is 79.5 Å². The van der Waals surface area contributed by atoms with Crippen molar-refractivity contribution in [2.45, 2.75) is 166 Å². The normalized spacial score (nSPS) is 27.1. The predicted octanol–water partition coefficient (Wildman–Crippen LogP) is -1.54. The third-order valence-corrected chi connectivity index (χ3v) is 17.5. The average molecular weight is 1250 g/mol. The number of phenolic OH excluding ortho intramolecular Hbond substituents is 1. The summed E-state index contributed by atoms with van der Waals surface area (Å²) in [6, 6.07) is -0.702. The van der Waals surface area contributed by atoms with Crippen LogP contribution in [0.15, 0.2) is 54.6 Å². The molecule has 3 heterocycles. The van der Waals surface area contributed by atoms with Gasteiger partial charge in [-0.3, -0.25) is 52.7 Å². The minimum absolute atomic E-state index is 0.0279. The fraction of sp³-hybridized carbons (Fsp3) is 0.586. The molecule has 0 aliphatic carbocycles. The van der Waals surface area contributed by atoms with Crippen molar-refractivity contribution in [3.63, 3.8) is 0 Å². The van der Waals surface area contributed by atoms with E-state index in [2.05, 4.69) is 42.5 Å². The largest absolute Gasteiger partial charge is 0.508 e. The number of rotatable bonds is 13. The minimum Gasteiger partial charge on any atom is -0.508 e. The van der Waals surface area contributed by atoms with E-state index in [1.165, 1.54) is 34.1 Å². The molecule has 3 saturated heterocycles. The SMILES string of the molecule is CC(C)C[C@@H]1NC(=O)[C@@H]2CCCN2C(=O)[C@H](C(C)C)NC(=O)[C@H](Cc2ccc(O)cc2)NC(=O)[C@H](CO)NC(=O)[C@H](CCC(N)=O)NC(=O)[C@H](C(C)C)NC(=O)[C@@H](N)CSSC[C@@H](C(=O)O)NC(=O)[C@@H]2CCCN2C(=O)[C@H](Cc2ccccc2)NC1=O. The van der Waals surface area contributed by atoms with Gasteiger partial charge in [-0.2, -0.15) is 0 Å². The van der Waals surface area contributed by atoms with E-state index in [1.807, 2.05) is 13.8 Å². The van der Waals surface area contributed by atoms with Gasteiger partial charge in [-0.1, -0.05) is 106 Å². The number of hydrogen-bond acceptors (Lipinski definition) is 17. The summed E-state index contributed by atoms with van der Waals surface area (Å²) < 4.78 is 0. The number of nitrogens with zero attached hydrogens (tertiary/aromatic N) is 2. The number of carbonyl (C=O) groups excluding carboxylic acids is 11. The number of hydrogen-bond donors (Lipinski definition) is 13. The second-order valence-electron chi connectivity index (χ2n) is 23.1. The lowest BCUT2D eigenvalue weighted by atomic mass is 9.99. The summed E-state index contributed by atoms with van der Waals surface area (Å²) in [5, 5.41) is 51.7. The lowest BCUT2D eigenvalue weighted by Crippen LogP contribution is -2.62. The Kier molecular flexibility index (Phi) is 27.1. The second-order valence-corrected chi connectivity index (χ2v) is 25.7. The summed E-state index contributed by atoms with van der Waals surface area (Å²) in [6.45, 7) is 9.24. The number of aliphatic carboxylic acids is 1. The zero-order valence-corrected chi connectivity index (χ0v) is 51.4. The van der Waals surface area contributed by atoms with Crippen LogP contribution in [0.4, 0.5) is 0 Å². The third kappa shape index (κ3) is 20.8. The Morgan fingerprint density at radius 2 is 1.05 bits per heavy atom. The number of amides is 11. The Balaban J connectivity index is 1.52. The van der Waals surface area contributed by atoms with Crippen molar-refractivity contribution in [3.8, 4) is 5.75 Å². The van der Waals surface area contributed by atoms with Crippen LogP contribution in [0.25, 0.3) is 0 Å². The first kappa shape index (κ1) is 70.3. The van der Waals surface area contributed by atoms with E-state index in [1.54, 1.807) is 58.0 Å². The van der Waals surface area contributed by atoms with E-state index in [-0.39, 0.29) is 68.4 Å². The minimum atomic E-state index is -1.80. The van der Waals surface area contributed by atoms with Crippen LogP contribution < -0.4 is 54.0 Å². The Hall–Kier alpha value is -7.50. The Labute approximate surface area is 513 Å². The molecule has 27 nitrogen and oxygen atoms in total. The molecule has 0 unspecified atom stereocenters. The van der Waals surface area contributed by atoms with Gasteiger partial charge in [-0.25, -0.2) is 4.79 Å². The molecule has 5 rings (SSSR count). The van der Waals surface area contributed by atoms with Crippen molar-refractivity contribution >= 4 is 92.5 Å². The standard InChI is InChI=1S/C58H84N12O15S2/c1-30(2)24-38-50(76)64-40(26-33-12-8-7-9-13-33)56(82)69-22-10-14-43(69)54(80)66-42(58(84)85)29-87-86-28-36(59)48(74)67-46(31(3)4)55(81)61-37(20-21-45(60)73)49(75)65-41(27-71)52(78)62-39(25-34-16-18-35(72)19-17-34)51(77)68-47(32(5)6)57(83)70-23-11-15-44(70)53(79)63-38/h7-9,12-13,16-19,30-32,36-44,46-47,71-72H,10-11,14-15,20-29,59H2,1-6H3,(H2,60,73)(H,61,81)(H,62,78)(H,63,79)(H,64,76)(H,65,75)(H,66,80)(H,67,74)(H,68,77)(H,84,85)/t36-,37-,38-,39-,40-,41-,42-,43-,44-,46-,47-/m0/s1. The number of nitrogens with two attached hydrogens (primary N) is 2. The van der Waals surface area contributed by atoms with Gasteiger partial charge < -0.3 is 79.1 Å². The summed E-state index contributed by atoms with van der Waals surface area (Å²) >= 11 is 0. The molecule has 3 aliphatic heterocycles. The van der Waals surface area contributed by atoms with E-state index in [4.69, 9.17) is 11.5 Å². The van der Waals surface area contributed by atoms with Gasteiger partial charge >= 0.3 is 5.97 Å². The Morgan fingerprint density at radius 3 is 1.62 bits per heavy atom. The van der Waals surface area contributed by atoms with E-state index in [0.29, 0.717) is 24.0 Å². The number of carboxylic acid groups (broad SMARTS) is 1. The van der Waals surface area contributed by atoms with Gasteiger partial charge in [0.05, 0.1) is 12.6 Å². The molecule has 29 heteroatoms. The number of nitrogens with one attached hydrogen (secondary N) is 8. The van der Waals surface area contributed by atoms with Gasteiger partial charge in [0.1, 0.15) is 66.2 Å². The van der Waals surface area contributed by atoms with E-state index in [9.17, 15) is 72.9 Å². The maximum absolute atomic E-state index is 14.7. The van der Waals surface area contributed by atoms with Crippen molar-refractivity contribution in [2.75, 3.05) is 31.2 Å². The summed E-state index contributed by atoms with van der Waals surface area (Å²) in [5.74, 6) is -12.4. The van der Waals surface area contributed by atoms with Crippen LogP contribution in [0, 0.1) is 17.8 Å². The highest BCUT2D eigenvalue weighted by atomic mass is 33.1. The van der Waals surface area contributed by atoms with Crippen LogP contribution in [0.2, 0.25) is 0 Å². The third-order valence-electron chi connectivity index (χ3n) is 15.0. The van der Waals surface area contributed by atoms with Crippen molar-refractivity contribution in [2.24, 2.45) is 29.2 Å². The van der Waals surface area contributed by atoms with Gasteiger partial charge in [0, 0.05) is 43.9 Å². The van der Waals surface area contributed by atoms with Gasteiger partial charge in [0.2, 0.25) is 65.0 Å². The van der Waals surface area contributed by atoms with Crippen LogP contribution in [0.3, 0.4) is 0 Å². The van der Waals surface area contributed by atoms with E-state index in [0.717, 1.165) is 21.6 Å². The number of benzene rings is 2. The highest BCUT2D eigenvalue weighted by Crippen LogP contribution is 2.26. The molecule has 11 atom stereocenters. The first-order chi connectivity index (χ1) is 41.2. The van der Waals surface area contributed by atoms with Crippen molar-refractivity contribution < 1.29 is 72.9 Å². The fourth-order valence-electron chi connectivity index (χ4n) is 10.2. The monoisotopic (exact) mass is 1250 g/mol. The van der Waals surface area contributed by atoms with Crippen molar-refractivity contribution in [1.29, 1.82) is 0 Å². The van der Waals surface area contributed by atoms with Crippen LogP contribution in [-0.4, -0.2) is 194 Å². The lowest BCUT2D eigenvalue weighted by molar-refractivity contribution is -0.145. The van der Waals surface area contributed by atoms with Gasteiger partial charge in [0.15, 0.2) is 0 Å². The highest BCUT2D eigenvalue weighted by molar-refractivity contribution is 8.76. The average Bonchev–Trinajstić information content (AvgIpc) is 2.88. The zero-order valence-electron chi connectivity index (χ0n) is 49.8. The highest BCUT2D eigenvalue weighted by Gasteiger charge is 2.43. The molecule has 2 aromatic carbocycles. The van der Waals surface area contributed by atoms with Gasteiger partial charge in [0.25, 0.3) is 0 Å². The molecule has 0 aromatic heterocycles. The van der Waals surface area contributed by atoms with E-state index < -0.39 is 169 Å². The number of carboxylic acids is 1. The molecule has 0 radical (unpaired) electrons. The maximum atomic E-state index is 14.7. The Morgan fingerprint density at radius 1 is 0.563 bits per heavy atom. The molecule has 87 heavy (non-hydrogen) atoms. The number of aliphatic hydroxyl groups excluding tert-OH is 1. The second kappa shape index (κ2) is 33.6. The zero-order chi connectivity index (χ0) is 64.2. The number of aromatic hydroxyl groups is 1. The molecule has 0 bridgehead atoms. The number of primary amides is 1. The maximum Gasteiger partial charge on any atom is 0.327 e. The number of phenols is 1. The molecule has 478 valence electrons. The summed E-state index contributed by atoms with van der Waals surface area (Å²) in [7, 11) is 1.98. The molecule has 11 amide bonds. The summed E-state index contributed by atoms with van der Waals surface area (Å²) in [5.41, 5.74) is 12.7. The Bertz CT molecular complexity index is 2780. The van der Waals surface area contributed by atoms with Crippen molar-refractivity contribution in [3.05, 3.63) is 65.7 Å². The first-order valence-electron chi connectivity index (χ1n) is 29.2. The quantitative estimate of drug-likeness (QED) is 0.101. The first-order valence-corrected chi connectivity index (χ1v) is 31.7. The lowest BCUT2D eigenvalue weighted by Gasteiger charge is -2.33. The smallest absolute Gasteiger partial charge is 0.327 e. The number of aliphatic hydroxyl groups is 1. The number of carbonyl (C=O) groups is 12. The molecule has 3 aliphatic rings. The van der Waals surface area contributed by atoms with Crippen LogP contribution in [0.5, 0.6) is 5.75 Å². The molecule has 0 spiro atoms. The van der Waals surface area contributed by atoms with Crippen LogP contribution in [-0.2, 0) is 70.4 Å². The molecular formula is C58H84N12O15S2. The summed E-state index contributed by atoms with van der Waals surface area (Å²) in [6.07, 6.45) is 0.0214. The van der Waals surface area contributed by atoms with Crippen LogP contribution >= 0.6 is 21.6 Å². The molecular weight excluding hydrogens is 1170 g/mol. The van der Waals surface area contributed by atoms with Crippen LogP contribution in [0.1, 0.15) is 97.6 Å². The summed E-state index contributed by atoms with van der Waals surface area (Å²) in [4.78, 5) is 170. The molecule has 15 N–H and O–H groups in total. The van der Waals surface area contributed by atoms with Gasteiger partial charge in [-0.15, -0.1) is 0 Å². The predicted molar refractivity (Wildman–Crippen MR) is 322 cm³/mol. The molecule has 3 fully saturated rings.